The third kappa shape index (κ3) is 22.0. The molecule has 8 rings (SSSR count). The Morgan fingerprint density at radius 1 is 0.397 bits per heavy atom. The van der Waals surface area contributed by atoms with Crippen LogP contribution < -0.4 is 0 Å². The zero-order chi connectivity index (χ0) is 40.7. The number of allylic oxidation sites excluding steroid dienone is 16. The van der Waals surface area contributed by atoms with E-state index in [1.807, 2.05) is 72.9 Å². The summed E-state index contributed by atoms with van der Waals surface area (Å²) < 4.78 is 51.0. The second kappa shape index (κ2) is 30.3. The summed E-state index contributed by atoms with van der Waals surface area (Å²) in [6.45, 7) is 9.32. The molecule has 0 N–H and O–H groups in total. The standard InChI is InChI=1S/4C11H8F.2C2H6Si.2ClH.2Hf/c4*12-11-7-3-6-10(8-11)9-4-1-2-5-9;2*1-3-2;;;;/h4*1,3-4,6-8H,2H2;2*1-2H3;2*1H;;/q4*-1;;;;;2*+2. The minimum atomic E-state index is -0.192. The minimum Gasteiger partial charge on any atom is -0.208 e. The first-order valence-corrected chi connectivity index (χ1v) is 33.9. The van der Waals surface area contributed by atoms with E-state index in [-0.39, 0.29) is 59.1 Å². The molecule has 0 bridgehead atoms. The van der Waals surface area contributed by atoms with Crippen molar-refractivity contribution in [2.24, 2.45) is 0 Å². The number of hydrogen-bond acceptors (Lipinski definition) is 0. The van der Waals surface area contributed by atoms with Crippen molar-refractivity contribution in [2.45, 2.75) is 51.9 Å². The summed E-state index contributed by atoms with van der Waals surface area (Å²) in [4.78, 5) is 0. The van der Waals surface area contributed by atoms with Crippen LogP contribution in [0.25, 0.3) is 22.3 Å². The number of benzene rings is 4. The van der Waals surface area contributed by atoms with Crippen molar-refractivity contribution in [3.05, 3.63) is 215 Å². The van der Waals surface area contributed by atoms with Gasteiger partial charge in [-0.25, -0.2) is 17.6 Å². The van der Waals surface area contributed by atoms with Gasteiger partial charge < -0.3 is 0 Å². The van der Waals surface area contributed by atoms with Crippen LogP contribution in [0.3, 0.4) is 0 Å². The Bertz CT molecular complexity index is 1890. The van der Waals surface area contributed by atoms with Crippen LogP contribution in [0.2, 0.25) is 26.2 Å². The maximum Gasteiger partial charge on any atom is 0.111 e. The van der Waals surface area contributed by atoms with E-state index in [1.165, 1.54) is 94.5 Å². The van der Waals surface area contributed by atoms with Gasteiger partial charge in [0, 0.05) is 0 Å². The molecule has 10 heteroatoms. The maximum atomic E-state index is 12.8. The second-order valence-electron chi connectivity index (χ2n) is 12.8. The van der Waals surface area contributed by atoms with Gasteiger partial charge in [0.2, 0.25) is 0 Å². The second-order valence-corrected chi connectivity index (χ2v) is 38.4. The van der Waals surface area contributed by atoms with Crippen molar-refractivity contribution in [1.29, 1.82) is 0 Å². The molecular formula is C48H46Cl2F4Hf2Si2. The Labute approximate surface area is 385 Å². The predicted molar refractivity (Wildman–Crippen MR) is 237 cm³/mol. The zero-order valence-electron chi connectivity index (χ0n) is 33.0. The van der Waals surface area contributed by atoms with Gasteiger partial charge in [0.25, 0.3) is 0 Å². The van der Waals surface area contributed by atoms with E-state index in [0.29, 0.717) is 0 Å². The van der Waals surface area contributed by atoms with Gasteiger partial charge in [-0.05, 0) is 24.3 Å². The van der Waals surface area contributed by atoms with E-state index in [9.17, 15) is 17.6 Å². The molecule has 0 spiro atoms. The first-order chi connectivity index (χ1) is 26.9. The van der Waals surface area contributed by atoms with Crippen LogP contribution in [-0.4, -0.2) is 11.0 Å². The first-order valence-electron chi connectivity index (χ1n) is 18.1. The Kier molecular flexibility index (Phi) is 27.9. The van der Waals surface area contributed by atoms with Crippen LogP contribution in [0.4, 0.5) is 17.6 Å². The molecule has 4 aromatic rings. The van der Waals surface area contributed by atoms with Crippen LogP contribution in [-0.2, 0) is 46.0 Å². The summed E-state index contributed by atoms with van der Waals surface area (Å²) in [5, 5.41) is 0. The molecular weight excluding hydrogens is 1140 g/mol. The number of halogens is 6. The molecule has 0 heterocycles. The van der Waals surface area contributed by atoms with E-state index in [1.54, 1.807) is 24.3 Å². The van der Waals surface area contributed by atoms with E-state index >= 15 is 0 Å². The van der Waals surface area contributed by atoms with Gasteiger partial charge in [-0.1, -0.05) is 74.2 Å². The van der Waals surface area contributed by atoms with Gasteiger partial charge in [-0.15, -0.1) is 95.6 Å². The molecule has 4 aromatic carbocycles. The van der Waals surface area contributed by atoms with Crippen LogP contribution >= 0.6 is 24.8 Å². The Morgan fingerprint density at radius 2 is 0.586 bits per heavy atom. The van der Waals surface area contributed by atoms with Gasteiger partial charge >= 0.3 is 83.2 Å². The Morgan fingerprint density at radius 3 is 0.724 bits per heavy atom. The van der Waals surface area contributed by atoms with E-state index in [4.69, 9.17) is 0 Å². The van der Waals surface area contributed by atoms with Crippen molar-refractivity contribution < 1.29 is 63.6 Å². The normalized spacial score (nSPS) is 13.3. The predicted octanol–water partition coefficient (Wildman–Crippen LogP) is 14.3. The molecule has 0 radical (unpaired) electrons. The van der Waals surface area contributed by atoms with Crippen molar-refractivity contribution in [1.82, 2.24) is 0 Å². The third-order valence-electron chi connectivity index (χ3n) is 7.32. The summed E-state index contributed by atoms with van der Waals surface area (Å²) >= 11 is 2.90. The molecule has 0 aliphatic heterocycles. The fraction of sp³-hybridized carbons (Fsp3) is 0.167. The molecule has 0 saturated heterocycles. The van der Waals surface area contributed by atoms with Gasteiger partial charge in [0.1, 0.15) is 23.3 Å². The molecule has 4 aliphatic rings. The van der Waals surface area contributed by atoms with Crippen molar-refractivity contribution in [3.63, 3.8) is 0 Å². The monoisotopic (exact) mass is 1180 g/mol. The fourth-order valence-corrected chi connectivity index (χ4v) is 5.04. The zero-order valence-corrected chi connectivity index (χ0v) is 43.8. The smallest absolute Gasteiger partial charge is 0.111 e. The Hall–Kier alpha value is -2.73. The fourth-order valence-electron chi connectivity index (χ4n) is 5.04. The van der Waals surface area contributed by atoms with E-state index in [0.717, 1.165) is 70.2 Å². The van der Waals surface area contributed by atoms with Crippen LogP contribution in [0.5, 0.6) is 0 Å². The summed E-state index contributed by atoms with van der Waals surface area (Å²) in [5.41, 5.74) is 8.12. The average Bonchev–Trinajstić information content (AvgIpc) is 4.01. The Balaban J connectivity index is 0.000000360. The summed E-state index contributed by atoms with van der Waals surface area (Å²) in [6.07, 6.45) is 31.8. The van der Waals surface area contributed by atoms with Gasteiger partial charge in [0.15, 0.2) is 0 Å². The van der Waals surface area contributed by atoms with Crippen molar-refractivity contribution in [3.8, 4) is 0 Å². The van der Waals surface area contributed by atoms with Gasteiger partial charge in [-0.2, -0.15) is 70.9 Å². The summed E-state index contributed by atoms with van der Waals surface area (Å²) in [5.74, 6) is -0.770. The van der Waals surface area contributed by atoms with Crippen LogP contribution in [0.1, 0.15) is 47.9 Å². The molecule has 296 valence electrons. The topological polar surface area (TPSA) is 0 Å². The number of rotatable bonds is 4. The minimum absolute atomic E-state index is 0. The van der Waals surface area contributed by atoms with Crippen LogP contribution in [0, 0.1) is 47.6 Å². The molecule has 4 aliphatic carbocycles. The molecule has 0 fully saturated rings. The largest absolute Gasteiger partial charge is 0.208 e. The first kappa shape index (κ1) is 53.3. The number of hydrogen-bond donors (Lipinski definition) is 0. The van der Waals surface area contributed by atoms with E-state index in [2.05, 4.69) is 50.5 Å². The van der Waals surface area contributed by atoms with Crippen molar-refractivity contribution in [2.75, 3.05) is 0 Å². The molecule has 0 unspecified atom stereocenters. The molecule has 0 amide bonds. The molecule has 0 atom stereocenters. The molecule has 58 heavy (non-hydrogen) atoms. The van der Waals surface area contributed by atoms with Gasteiger partial charge in [-0.3, -0.25) is 0 Å². The van der Waals surface area contributed by atoms with Gasteiger partial charge in [0.05, 0.1) is 0 Å². The van der Waals surface area contributed by atoms with Crippen LogP contribution in [0.15, 0.2) is 146 Å². The molecule has 0 aromatic heterocycles. The summed E-state index contributed by atoms with van der Waals surface area (Å²) in [6, 6.07) is 26.3. The van der Waals surface area contributed by atoms with E-state index < -0.39 is 0 Å². The SMILES string of the molecule is C[Si](C)=[Hf+2].C[Si](C)=[Hf+2].Cl.Cl.Fc1cccc(C2=[C-]CC=C2)c1.Fc1cccc(C2=[C-]CC=C2)c1.Fc1cccc(C2=[C-]CC=C2)c1.Fc1cccc(C2=[C-]CC=C2)c1. The summed E-state index contributed by atoms with van der Waals surface area (Å²) in [7, 11) is 0. The van der Waals surface area contributed by atoms with Crippen molar-refractivity contribution >= 4 is 58.1 Å². The quantitative estimate of drug-likeness (QED) is 0.109. The third-order valence-corrected chi connectivity index (χ3v) is 7.32. The average molecular weight is 1180 g/mol. The molecule has 0 nitrogen and oxygen atoms in total. The molecule has 0 saturated carbocycles. The maximum absolute atomic E-state index is 12.8.